The second-order valence-corrected chi connectivity index (χ2v) is 6.23. The van der Waals surface area contributed by atoms with E-state index in [-0.39, 0.29) is 24.0 Å². The van der Waals surface area contributed by atoms with Crippen molar-refractivity contribution in [2.45, 2.75) is 13.5 Å². The van der Waals surface area contributed by atoms with E-state index in [4.69, 9.17) is 16.1 Å². The topological polar surface area (TPSA) is 56.9 Å². The van der Waals surface area contributed by atoms with E-state index in [0.717, 1.165) is 48.6 Å². The van der Waals surface area contributed by atoms with Gasteiger partial charge in [-0.1, -0.05) is 22.8 Å². The average molecular weight is 476 g/mol. The average Bonchev–Trinajstić information content (AvgIpc) is 3.01. The number of rotatable bonds is 3. The fourth-order valence-corrected chi connectivity index (χ4v) is 3.03. The monoisotopic (exact) mass is 475 g/mol. The first-order chi connectivity index (χ1) is 11.7. The van der Waals surface area contributed by atoms with Crippen LogP contribution in [-0.2, 0) is 6.54 Å². The maximum atomic E-state index is 6.09. The molecule has 2 heterocycles. The second-order valence-electron chi connectivity index (χ2n) is 5.79. The van der Waals surface area contributed by atoms with Gasteiger partial charge in [0.25, 0.3) is 0 Å². The van der Waals surface area contributed by atoms with Gasteiger partial charge < -0.3 is 19.6 Å². The van der Waals surface area contributed by atoms with Crippen molar-refractivity contribution in [2.75, 3.05) is 38.1 Å². The van der Waals surface area contributed by atoms with Crippen LogP contribution in [0.15, 0.2) is 39.8 Å². The molecule has 6 nitrogen and oxygen atoms in total. The molecule has 0 spiro atoms. The number of aryl methyl sites for hydroxylation is 1. The molecular formula is C17H23ClIN5O. The smallest absolute Gasteiger partial charge is 0.194 e. The van der Waals surface area contributed by atoms with Crippen molar-refractivity contribution in [3.8, 4) is 0 Å². The number of benzene rings is 1. The Morgan fingerprint density at radius 3 is 2.64 bits per heavy atom. The van der Waals surface area contributed by atoms with Crippen molar-refractivity contribution in [1.29, 1.82) is 0 Å². The van der Waals surface area contributed by atoms with Crippen molar-refractivity contribution in [3.63, 3.8) is 0 Å². The van der Waals surface area contributed by atoms with Gasteiger partial charge in [0, 0.05) is 50.0 Å². The summed E-state index contributed by atoms with van der Waals surface area (Å²) in [4.78, 5) is 8.97. The van der Waals surface area contributed by atoms with Crippen LogP contribution in [0.25, 0.3) is 0 Å². The van der Waals surface area contributed by atoms with Gasteiger partial charge in [-0.15, -0.1) is 24.0 Å². The molecule has 0 saturated carbocycles. The van der Waals surface area contributed by atoms with Crippen LogP contribution in [0, 0.1) is 6.92 Å². The Morgan fingerprint density at radius 1 is 1.28 bits per heavy atom. The first-order valence-corrected chi connectivity index (χ1v) is 8.42. The molecular weight excluding hydrogens is 453 g/mol. The third kappa shape index (κ3) is 5.24. The highest BCUT2D eigenvalue weighted by molar-refractivity contribution is 14.0. The van der Waals surface area contributed by atoms with Crippen LogP contribution < -0.4 is 10.2 Å². The predicted molar refractivity (Wildman–Crippen MR) is 112 cm³/mol. The fourth-order valence-electron chi connectivity index (χ4n) is 2.85. The number of aromatic nitrogens is 1. The third-order valence-corrected chi connectivity index (χ3v) is 4.30. The molecule has 0 amide bonds. The van der Waals surface area contributed by atoms with Gasteiger partial charge in [-0.25, -0.2) is 0 Å². The van der Waals surface area contributed by atoms with Crippen molar-refractivity contribution >= 4 is 47.2 Å². The largest absolute Gasteiger partial charge is 0.368 e. The summed E-state index contributed by atoms with van der Waals surface area (Å²) in [5, 5.41) is 8.01. The highest BCUT2D eigenvalue weighted by Crippen LogP contribution is 2.20. The van der Waals surface area contributed by atoms with Crippen LogP contribution in [-0.4, -0.2) is 49.2 Å². The number of nitrogens with one attached hydrogen (secondary N) is 1. The van der Waals surface area contributed by atoms with Crippen molar-refractivity contribution in [3.05, 3.63) is 46.8 Å². The van der Waals surface area contributed by atoms with Gasteiger partial charge in [0.15, 0.2) is 11.7 Å². The van der Waals surface area contributed by atoms with Gasteiger partial charge in [-0.05, 0) is 25.1 Å². The Labute approximate surface area is 170 Å². The van der Waals surface area contributed by atoms with Crippen molar-refractivity contribution in [2.24, 2.45) is 4.99 Å². The molecule has 0 bridgehead atoms. The minimum absolute atomic E-state index is 0. The van der Waals surface area contributed by atoms with E-state index in [1.54, 1.807) is 7.05 Å². The van der Waals surface area contributed by atoms with Gasteiger partial charge in [0.05, 0.1) is 12.2 Å². The van der Waals surface area contributed by atoms with E-state index >= 15 is 0 Å². The SMILES string of the molecule is CN=C(NCc1cc(C)no1)N1CCN(c2cccc(Cl)c2)CC1.I. The number of hydrogen-bond acceptors (Lipinski definition) is 4. The molecule has 1 aliphatic heterocycles. The highest BCUT2D eigenvalue weighted by Gasteiger charge is 2.20. The fraction of sp³-hybridized carbons (Fsp3) is 0.412. The maximum absolute atomic E-state index is 6.09. The Bertz CT molecular complexity index is 713. The molecule has 3 rings (SSSR count). The zero-order valence-corrected chi connectivity index (χ0v) is 17.5. The summed E-state index contributed by atoms with van der Waals surface area (Å²) >= 11 is 6.09. The summed E-state index contributed by atoms with van der Waals surface area (Å²) in [5.41, 5.74) is 2.05. The molecule has 1 aromatic carbocycles. The number of guanidine groups is 1. The van der Waals surface area contributed by atoms with Gasteiger partial charge >= 0.3 is 0 Å². The molecule has 0 aliphatic carbocycles. The van der Waals surface area contributed by atoms with Crippen LogP contribution in [0.1, 0.15) is 11.5 Å². The molecule has 0 atom stereocenters. The van der Waals surface area contributed by atoms with E-state index in [2.05, 4.69) is 31.3 Å². The lowest BCUT2D eigenvalue weighted by molar-refractivity contribution is 0.357. The zero-order chi connectivity index (χ0) is 16.9. The van der Waals surface area contributed by atoms with E-state index < -0.39 is 0 Å². The lowest BCUT2D eigenvalue weighted by Crippen LogP contribution is -2.52. The number of hydrogen-bond donors (Lipinski definition) is 1. The maximum Gasteiger partial charge on any atom is 0.194 e. The first kappa shape index (κ1) is 19.8. The van der Waals surface area contributed by atoms with E-state index in [0.29, 0.717) is 6.54 Å². The van der Waals surface area contributed by atoms with Gasteiger partial charge in [0.1, 0.15) is 0 Å². The molecule has 1 saturated heterocycles. The summed E-state index contributed by atoms with van der Waals surface area (Å²) in [7, 11) is 1.80. The van der Waals surface area contributed by atoms with Gasteiger partial charge in [0.2, 0.25) is 0 Å². The standard InChI is InChI=1S/C17H22ClN5O.HI/c1-13-10-16(24-21-13)12-20-17(19-2)23-8-6-22(7-9-23)15-5-3-4-14(18)11-15;/h3-5,10-11H,6-9,12H2,1-2H3,(H,19,20);1H. The molecule has 0 unspecified atom stereocenters. The number of aliphatic imine (C=N–C) groups is 1. The molecule has 136 valence electrons. The second kappa shape index (κ2) is 9.28. The molecule has 1 fully saturated rings. The van der Waals surface area contributed by atoms with Gasteiger partial charge in [-0.3, -0.25) is 4.99 Å². The Hall–Kier alpha value is -1.48. The predicted octanol–water partition coefficient (Wildman–Crippen LogP) is 3.15. The van der Waals surface area contributed by atoms with Gasteiger partial charge in [-0.2, -0.15) is 0 Å². The van der Waals surface area contributed by atoms with Crippen LogP contribution in [0.5, 0.6) is 0 Å². The summed E-state index contributed by atoms with van der Waals surface area (Å²) in [6.07, 6.45) is 0. The lowest BCUT2D eigenvalue weighted by Gasteiger charge is -2.37. The molecule has 25 heavy (non-hydrogen) atoms. The number of anilines is 1. The summed E-state index contributed by atoms with van der Waals surface area (Å²) in [5.74, 6) is 1.70. The molecule has 0 radical (unpaired) electrons. The molecule has 2 aromatic rings. The molecule has 1 N–H and O–H groups in total. The Balaban J connectivity index is 0.00000225. The molecule has 8 heteroatoms. The Morgan fingerprint density at radius 2 is 2.04 bits per heavy atom. The number of halogens is 2. The van der Waals surface area contributed by atoms with E-state index in [1.807, 2.05) is 31.2 Å². The normalized spacial score (nSPS) is 15.1. The van der Waals surface area contributed by atoms with Crippen LogP contribution in [0.4, 0.5) is 5.69 Å². The zero-order valence-electron chi connectivity index (χ0n) is 14.4. The number of nitrogens with zero attached hydrogens (tertiary/aromatic N) is 4. The summed E-state index contributed by atoms with van der Waals surface area (Å²) < 4.78 is 5.23. The first-order valence-electron chi connectivity index (χ1n) is 8.04. The van der Waals surface area contributed by atoms with Crippen molar-refractivity contribution < 1.29 is 4.52 Å². The van der Waals surface area contributed by atoms with Crippen LogP contribution in [0.3, 0.4) is 0 Å². The summed E-state index contributed by atoms with van der Waals surface area (Å²) in [6, 6.07) is 9.93. The third-order valence-electron chi connectivity index (χ3n) is 4.06. The Kier molecular flexibility index (Phi) is 7.37. The van der Waals surface area contributed by atoms with Crippen molar-refractivity contribution in [1.82, 2.24) is 15.4 Å². The van der Waals surface area contributed by atoms with Crippen LogP contribution in [0.2, 0.25) is 5.02 Å². The quantitative estimate of drug-likeness (QED) is 0.420. The molecule has 1 aromatic heterocycles. The minimum atomic E-state index is 0. The summed E-state index contributed by atoms with van der Waals surface area (Å²) in [6.45, 7) is 6.17. The molecule has 1 aliphatic rings. The number of piperazine rings is 1. The van der Waals surface area contributed by atoms with Crippen LogP contribution >= 0.6 is 35.6 Å². The highest BCUT2D eigenvalue weighted by atomic mass is 127. The van der Waals surface area contributed by atoms with E-state index in [9.17, 15) is 0 Å². The van der Waals surface area contributed by atoms with E-state index in [1.165, 1.54) is 5.69 Å². The minimum Gasteiger partial charge on any atom is -0.368 e. The lowest BCUT2D eigenvalue weighted by atomic mass is 10.2.